The Balaban J connectivity index is 2.37. The first kappa shape index (κ1) is 14.2. The third-order valence-electron chi connectivity index (χ3n) is 2.78. The lowest BCUT2D eigenvalue weighted by atomic mass is 10.0. The lowest BCUT2D eigenvalue weighted by molar-refractivity contribution is 0.0285. The van der Waals surface area contributed by atoms with Crippen molar-refractivity contribution in [3.05, 3.63) is 0 Å². The molecule has 1 aliphatic rings. The molecule has 4 nitrogen and oxygen atoms in total. The molecule has 0 aromatic carbocycles. The smallest absolute Gasteiger partial charge is 0.410 e. The molecule has 100 valence electrons. The minimum absolute atomic E-state index is 0.0585. The first-order chi connectivity index (χ1) is 7.81. The van der Waals surface area contributed by atoms with E-state index in [2.05, 4.69) is 0 Å². The van der Waals surface area contributed by atoms with Crippen LogP contribution in [0.5, 0.6) is 0 Å². The molecule has 0 bridgehead atoms. The van der Waals surface area contributed by atoms with Gasteiger partial charge in [0.15, 0.2) is 0 Å². The fraction of sp³-hybridized carbons (Fsp3) is 0.917. The third-order valence-corrected chi connectivity index (χ3v) is 2.78. The van der Waals surface area contributed by atoms with Gasteiger partial charge >= 0.3 is 6.09 Å². The molecule has 2 unspecified atom stereocenters. The Morgan fingerprint density at radius 1 is 1.59 bits per heavy atom. The quantitative estimate of drug-likeness (QED) is 0.827. The first-order valence-electron chi connectivity index (χ1n) is 6.14. The predicted octanol–water partition coefficient (Wildman–Crippen LogP) is 1.93. The van der Waals surface area contributed by atoms with Gasteiger partial charge in [-0.05, 0) is 39.5 Å². The lowest BCUT2D eigenvalue weighted by Gasteiger charge is -2.24. The summed E-state index contributed by atoms with van der Waals surface area (Å²) < 4.78 is 18.4. The Kier molecular flexibility index (Phi) is 4.74. The van der Waals surface area contributed by atoms with E-state index in [1.807, 2.05) is 20.8 Å². The summed E-state index contributed by atoms with van der Waals surface area (Å²) in [6.45, 7) is 6.80. The normalized spacial score (nSPS) is 22.6. The van der Waals surface area contributed by atoms with Crippen LogP contribution < -0.4 is 5.73 Å². The maximum absolute atomic E-state index is 13.1. The van der Waals surface area contributed by atoms with Crippen LogP contribution in [0.4, 0.5) is 9.18 Å². The van der Waals surface area contributed by atoms with Crippen molar-refractivity contribution < 1.29 is 13.9 Å². The van der Waals surface area contributed by atoms with Gasteiger partial charge in [-0.15, -0.1) is 0 Å². The van der Waals surface area contributed by atoms with Gasteiger partial charge < -0.3 is 15.4 Å². The molecule has 2 atom stereocenters. The number of carbonyl (C=O) groups is 1. The molecule has 1 aliphatic heterocycles. The van der Waals surface area contributed by atoms with Crippen molar-refractivity contribution in [2.45, 2.75) is 45.4 Å². The summed E-state index contributed by atoms with van der Waals surface area (Å²) in [7, 11) is 0. The zero-order chi connectivity index (χ0) is 13.1. The number of hydrogen-bond donors (Lipinski definition) is 1. The van der Waals surface area contributed by atoms with Crippen LogP contribution in [0.1, 0.15) is 33.6 Å². The molecule has 1 heterocycles. The number of carbonyl (C=O) groups excluding carboxylic acids is 1. The second-order valence-electron chi connectivity index (χ2n) is 5.65. The number of amides is 1. The van der Waals surface area contributed by atoms with Gasteiger partial charge in [0.05, 0.1) is 0 Å². The van der Waals surface area contributed by atoms with Crippen molar-refractivity contribution >= 4 is 6.09 Å². The SMILES string of the molecule is CC(C)(C)OC(=O)N1CCC(CC(F)CN)C1. The first-order valence-corrected chi connectivity index (χ1v) is 6.14. The molecule has 0 aromatic heterocycles. The van der Waals surface area contributed by atoms with Crippen molar-refractivity contribution in [2.24, 2.45) is 11.7 Å². The van der Waals surface area contributed by atoms with Crippen LogP contribution in [0.25, 0.3) is 0 Å². The van der Waals surface area contributed by atoms with Crippen LogP contribution >= 0.6 is 0 Å². The second-order valence-corrected chi connectivity index (χ2v) is 5.65. The van der Waals surface area contributed by atoms with Crippen molar-refractivity contribution in [3.63, 3.8) is 0 Å². The van der Waals surface area contributed by atoms with Gasteiger partial charge in [-0.2, -0.15) is 0 Å². The van der Waals surface area contributed by atoms with E-state index in [0.717, 1.165) is 6.42 Å². The summed E-state index contributed by atoms with van der Waals surface area (Å²) in [5, 5.41) is 0. The van der Waals surface area contributed by atoms with E-state index in [0.29, 0.717) is 19.5 Å². The number of likely N-dealkylation sites (tertiary alicyclic amines) is 1. The molecule has 5 heteroatoms. The number of alkyl halides is 1. The lowest BCUT2D eigenvalue weighted by Crippen LogP contribution is -2.35. The minimum Gasteiger partial charge on any atom is -0.444 e. The largest absolute Gasteiger partial charge is 0.444 e. The highest BCUT2D eigenvalue weighted by Gasteiger charge is 2.30. The van der Waals surface area contributed by atoms with Crippen LogP contribution in [0.15, 0.2) is 0 Å². The second kappa shape index (κ2) is 5.67. The van der Waals surface area contributed by atoms with Gasteiger partial charge in [-0.1, -0.05) is 0 Å². The molecule has 17 heavy (non-hydrogen) atoms. The summed E-state index contributed by atoms with van der Waals surface area (Å²) in [5.74, 6) is 0.209. The van der Waals surface area contributed by atoms with Crippen molar-refractivity contribution in [1.29, 1.82) is 0 Å². The predicted molar refractivity (Wildman–Crippen MR) is 64.5 cm³/mol. The molecule has 0 spiro atoms. The number of hydrogen-bond acceptors (Lipinski definition) is 3. The number of halogens is 1. The Labute approximate surface area is 102 Å². The highest BCUT2D eigenvalue weighted by molar-refractivity contribution is 5.68. The number of rotatable bonds is 3. The van der Waals surface area contributed by atoms with Crippen molar-refractivity contribution in [1.82, 2.24) is 4.90 Å². The highest BCUT2D eigenvalue weighted by atomic mass is 19.1. The summed E-state index contributed by atoms with van der Waals surface area (Å²) in [6.07, 6.45) is 0.0110. The highest BCUT2D eigenvalue weighted by Crippen LogP contribution is 2.23. The molecule has 2 N–H and O–H groups in total. The third kappa shape index (κ3) is 4.89. The maximum atomic E-state index is 13.1. The van der Waals surface area contributed by atoms with Gasteiger partial charge in [-0.25, -0.2) is 9.18 Å². The van der Waals surface area contributed by atoms with E-state index < -0.39 is 11.8 Å². The Morgan fingerprint density at radius 3 is 2.76 bits per heavy atom. The standard InChI is InChI=1S/C12H23FN2O2/c1-12(2,3)17-11(16)15-5-4-9(8-15)6-10(13)7-14/h9-10H,4-8,14H2,1-3H3. The van der Waals surface area contributed by atoms with E-state index in [4.69, 9.17) is 10.5 Å². The Morgan fingerprint density at radius 2 is 2.24 bits per heavy atom. The molecule has 0 saturated carbocycles. The van der Waals surface area contributed by atoms with Gasteiger partial charge in [0.2, 0.25) is 0 Å². The molecular weight excluding hydrogens is 223 g/mol. The van der Waals surface area contributed by atoms with Gasteiger partial charge in [0.1, 0.15) is 11.8 Å². The molecule has 0 aliphatic carbocycles. The van der Waals surface area contributed by atoms with Gasteiger partial charge in [-0.3, -0.25) is 0 Å². The zero-order valence-corrected chi connectivity index (χ0v) is 10.9. The average molecular weight is 246 g/mol. The average Bonchev–Trinajstić information content (AvgIpc) is 2.63. The van der Waals surface area contributed by atoms with Crippen molar-refractivity contribution in [3.8, 4) is 0 Å². The van der Waals surface area contributed by atoms with E-state index in [1.54, 1.807) is 4.90 Å². The number of ether oxygens (including phenoxy) is 1. The van der Waals surface area contributed by atoms with E-state index in [9.17, 15) is 9.18 Å². The maximum Gasteiger partial charge on any atom is 0.410 e. The summed E-state index contributed by atoms with van der Waals surface area (Å²) in [6, 6.07) is 0. The zero-order valence-electron chi connectivity index (χ0n) is 10.9. The molecule has 1 rings (SSSR count). The molecule has 0 radical (unpaired) electrons. The Hall–Kier alpha value is -0.840. The summed E-state index contributed by atoms with van der Waals surface area (Å²) in [5.41, 5.74) is 4.77. The van der Waals surface area contributed by atoms with Gasteiger partial charge in [0, 0.05) is 19.6 Å². The topological polar surface area (TPSA) is 55.6 Å². The number of nitrogens with zero attached hydrogens (tertiary/aromatic N) is 1. The molecule has 0 aromatic rings. The fourth-order valence-corrected chi connectivity index (χ4v) is 1.98. The minimum atomic E-state index is -0.960. The van der Waals surface area contributed by atoms with Crippen LogP contribution in [0.2, 0.25) is 0 Å². The molecular formula is C12H23FN2O2. The van der Waals surface area contributed by atoms with Crippen molar-refractivity contribution in [2.75, 3.05) is 19.6 Å². The van der Waals surface area contributed by atoms with Crippen LogP contribution in [0.3, 0.4) is 0 Å². The monoisotopic (exact) mass is 246 g/mol. The summed E-state index contributed by atoms with van der Waals surface area (Å²) in [4.78, 5) is 13.4. The molecule has 1 saturated heterocycles. The van der Waals surface area contributed by atoms with E-state index in [-0.39, 0.29) is 18.6 Å². The van der Waals surface area contributed by atoms with Gasteiger partial charge in [0.25, 0.3) is 0 Å². The van der Waals surface area contributed by atoms with Crippen LogP contribution in [-0.2, 0) is 4.74 Å². The fourth-order valence-electron chi connectivity index (χ4n) is 1.98. The van der Waals surface area contributed by atoms with Crippen LogP contribution in [-0.4, -0.2) is 42.4 Å². The van der Waals surface area contributed by atoms with E-state index in [1.165, 1.54) is 0 Å². The molecule has 1 amide bonds. The number of nitrogens with two attached hydrogens (primary N) is 1. The van der Waals surface area contributed by atoms with Crippen LogP contribution in [0, 0.1) is 5.92 Å². The van der Waals surface area contributed by atoms with E-state index >= 15 is 0 Å². The molecule has 1 fully saturated rings. The summed E-state index contributed by atoms with van der Waals surface area (Å²) >= 11 is 0. The Bertz CT molecular complexity index is 266.